The van der Waals surface area contributed by atoms with Crippen LogP contribution in [0.1, 0.15) is 17.2 Å². The summed E-state index contributed by atoms with van der Waals surface area (Å²) in [6.45, 7) is 0. The van der Waals surface area contributed by atoms with Crippen molar-refractivity contribution in [1.82, 2.24) is 9.78 Å². The number of nitrogens with zero attached hydrogens (tertiary/aromatic N) is 2. The molecule has 1 atom stereocenters. The van der Waals surface area contributed by atoms with E-state index in [1.54, 1.807) is 0 Å². The Balaban J connectivity index is 2.17. The third kappa shape index (κ3) is 2.79. The summed E-state index contributed by atoms with van der Waals surface area (Å²) in [7, 11) is 1.50. The number of aryl methyl sites for hydroxylation is 1. The highest BCUT2D eigenvalue weighted by atomic mass is 35.5. The molecule has 0 saturated carbocycles. The van der Waals surface area contributed by atoms with Gasteiger partial charge in [-0.1, -0.05) is 23.7 Å². The lowest BCUT2D eigenvalue weighted by atomic mass is 9.98. The Hall–Kier alpha value is -2.31. The second-order valence-electron chi connectivity index (χ2n) is 5.24. The van der Waals surface area contributed by atoms with Crippen molar-refractivity contribution in [2.75, 3.05) is 0 Å². The summed E-state index contributed by atoms with van der Waals surface area (Å²) in [6.07, 6.45) is -0.0215. The molecule has 0 aliphatic carbocycles. The normalized spacial score (nSPS) is 12.4. The summed E-state index contributed by atoms with van der Waals surface area (Å²) in [5.41, 5.74) is 0.155. The van der Waals surface area contributed by atoms with Crippen molar-refractivity contribution >= 4 is 11.6 Å². The molecule has 0 bridgehead atoms. The Morgan fingerprint density at radius 1 is 1.08 bits per heavy atom. The van der Waals surface area contributed by atoms with Gasteiger partial charge in [-0.25, -0.2) is 13.2 Å². The minimum Gasteiger partial charge on any atom is -0.383 e. The number of aromatic nitrogens is 2. The Morgan fingerprint density at radius 3 is 2.38 bits per heavy atom. The minimum atomic E-state index is -1.32. The average molecular weight is 353 g/mol. The predicted molar refractivity (Wildman–Crippen MR) is 84.0 cm³/mol. The Bertz CT molecular complexity index is 891. The third-order valence-corrected chi connectivity index (χ3v) is 4.05. The molecule has 1 N–H and O–H groups in total. The zero-order chi connectivity index (χ0) is 17.4. The summed E-state index contributed by atoms with van der Waals surface area (Å²) in [5.74, 6) is -2.11. The molecule has 3 nitrogen and oxygen atoms in total. The van der Waals surface area contributed by atoms with Crippen molar-refractivity contribution in [3.8, 4) is 11.3 Å². The van der Waals surface area contributed by atoms with E-state index in [2.05, 4.69) is 5.10 Å². The molecular formula is C17H12ClF3N2O. The molecule has 0 amide bonds. The lowest BCUT2D eigenvalue weighted by Gasteiger charge is -2.15. The van der Waals surface area contributed by atoms with Crippen LogP contribution in [0.15, 0.2) is 42.6 Å². The molecule has 0 aliphatic rings. The highest BCUT2D eigenvalue weighted by molar-refractivity contribution is 6.31. The topological polar surface area (TPSA) is 38.0 Å². The van der Waals surface area contributed by atoms with Crippen LogP contribution in [-0.4, -0.2) is 14.9 Å². The van der Waals surface area contributed by atoms with E-state index in [1.165, 1.54) is 30.1 Å². The van der Waals surface area contributed by atoms with Gasteiger partial charge in [-0.15, -0.1) is 0 Å². The maximum Gasteiger partial charge on any atom is 0.135 e. The van der Waals surface area contributed by atoms with E-state index < -0.39 is 23.6 Å². The summed E-state index contributed by atoms with van der Waals surface area (Å²) in [4.78, 5) is 0. The van der Waals surface area contributed by atoms with Gasteiger partial charge in [0.2, 0.25) is 0 Å². The van der Waals surface area contributed by atoms with Crippen LogP contribution in [0.5, 0.6) is 0 Å². The first-order valence-corrected chi connectivity index (χ1v) is 7.37. The van der Waals surface area contributed by atoms with Crippen LogP contribution in [0.25, 0.3) is 11.3 Å². The molecule has 24 heavy (non-hydrogen) atoms. The molecule has 7 heteroatoms. The van der Waals surface area contributed by atoms with Crippen LogP contribution in [0, 0.1) is 17.5 Å². The number of hydrogen-bond donors (Lipinski definition) is 1. The van der Waals surface area contributed by atoms with E-state index >= 15 is 0 Å². The third-order valence-electron chi connectivity index (χ3n) is 3.72. The summed E-state index contributed by atoms with van der Waals surface area (Å²) in [5, 5.41) is 14.6. The van der Waals surface area contributed by atoms with Crippen molar-refractivity contribution in [1.29, 1.82) is 0 Å². The minimum absolute atomic E-state index is 0.00584. The van der Waals surface area contributed by atoms with Crippen LogP contribution in [0.2, 0.25) is 5.02 Å². The Morgan fingerprint density at radius 2 is 1.75 bits per heavy atom. The molecule has 0 radical (unpaired) electrons. The summed E-state index contributed by atoms with van der Waals surface area (Å²) in [6, 6.07) is 7.00. The van der Waals surface area contributed by atoms with Gasteiger partial charge in [0.25, 0.3) is 0 Å². The number of aliphatic hydroxyl groups is 1. The highest BCUT2D eigenvalue weighted by Crippen LogP contribution is 2.36. The van der Waals surface area contributed by atoms with Crippen LogP contribution < -0.4 is 0 Å². The first-order chi connectivity index (χ1) is 11.4. The zero-order valence-corrected chi connectivity index (χ0v) is 13.2. The van der Waals surface area contributed by atoms with E-state index in [9.17, 15) is 18.3 Å². The molecule has 1 heterocycles. The molecule has 3 rings (SSSR count). The molecule has 2 aromatic carbocycles. The van der Waals surface area contributed by atoms with Crippen LogP contribution in [-0.2, 0) is 7.05 Å². The fraction of sp³-hybridized carbons (Fsp3) is 0.118. The average Bonchev–Trinajstić information content (AvgIpc) is 2.88. The first-order valence-electron chi connectivity index (χ1n) is 6.99. The number of halogens is 4. The van der Waals surface area contributed by atoms with E-state index in [0.717, 1.165) is 24.3 Å². The highest BCUT2D eigenvalue weighted by Gasteiger charge is 2.25. The van der Waals surface area contributed by atoms with Gasteiger partial charge >= 0.3 is 0 Å². The molecule has 1 unspecified atom stereocenters. The largest absolute Gasteiger partial charge is 0.383 e. The molecular weight excluding hydrogens is 341 g/mol. The fourth-order valence-corrected chi connectivity index (χ4v) is 2.85. The molecule has 0 saturated heterocycles. The van der Waals surface area contributed by atoms with Crippen molar-refractivity contribution in [3.63, 3.8) is 0 Å². The van der Waals surface area contributed by atoms with Crippen molar-refractivity contribution in [2.24, 2.45) is 7.05 Å². The maximum absolute atomic E-state index is 14.1. The summed E-state index contributed by atoms with van der Waals surface area (Å²) >= 11 is 5.97. The van der Waals surface area contributed by atoms with Gasteiger partial charge in [0.1, 0.15) is 23.6 Å². The van der Waals surface area contributed by atoms with Gasteiger partial charge in [0.15, 0.2) is 0 Å². The molecule has 0 aliphatic heterocycles. The Labute approximate surface area is 140 Å². The van der Waals surface area contributed by atoms with Gasteiger partial charge in [-0.2, -0.15) is 5.10 Å². The van der Waals surface area contributed by atoms with Crippen LogP contribution in [0.3, 0.4) is 0 Å². The van der Waals surface area contributed by atoms with Gasteiger partial charge in [-0.05, 0) is 24.3 Å². The molecule has 3 aromatic rings. The number of rotatable bonds is 3. The zero-order valence-electron chi connectivity index (χ0n) is 12.5. The molecule has 0 spiro atoms. The smallest absolute Gasteiger partial charge is 0.135 e. The second-order valence-corrected chi connectivity index (χ2v) is 5.64. The van der Waals surface area contributed by atoms with Gasteiger partial charge < -0.3 is 5.11 Å². The molecule has 0 fully saturated rings. The Kier molecular flexibility index (Phi) is 4.34. The quantitative estimate of drug-likeness (QED) is 0.765. The van der Waals surface area contributed by atoms with Crippen molar-refractivity contribution in [2.45, 2.75) is 6.10 Å². The number of benzene rings is 2. The lowest BCUT2D eigenvalue weighted by molar-refractivity contribution is 0.220. The van der Waals surface area contributed by atoms with E-state index in [4.69, 9.17) is 11.6 Å². The molecule has 124 valence electrons. The fourth-order valence-electron chi connectivity index (χ4n) is 2.58. The van der Waals surface area contributed by atoms with E-state index in [1.807, 2.05) is 0 Å². The standard InChI is InChI=1S/C17H12ClF3N2O/c1-23-16(15-13(20)3-2-4-14(15)21)11(8-22-23)17(24)10-6-5-9(19)7-12(10)18/h2-8,17,24H,1H3. The lowest BCUT2D eigenvalue weighted by Crippen LogP contribution is -2.05. The van der Waals surface area contributed by atoms with Gasteiger partial charge in [0, 0.05) is 23.2 Å². The number of aliphatic hydroxyl groups excluding tert-OH is 1. The van der Waals surface area contributed by atoms with E-state index in [-0.39, 0.29) is 27.4 Å². The number of hydrogen-bond acceptors (Lipinski definition) is 2. The van der Waals surface area contributed by atoms with Crippen LogP contribution in [0.4, 0.5) is 13.2 Å². The second kappa shape index (κ2) is 6.30. The monoisotopic (exact) mass is 352 g/mol. The maximum atomic E-state index is 14.1. The molecule has 1 aromatic heterocycles. The predicted octanol–water partition coefficient (Wildman–Crippen LogP) is 4.24. The summed E-state index contributed by atoms with van der Waals surface area (Å²) < 4.78 is 42.7. The van der Waals surface area contributed by atoms with Gasteiger partial charge in [0.05, 0.1) is 17.5 Å². The van der Waals surface area contributed by atoms with Crippen LogP contribution >= 0.6 is 11.6 Å². The van der Waals surface area contributed by atoms with Crippen molar-refractivity contribution < 1.29 is 18.3 Å². The van der Waals surface area contributed by atoms with Gasteiger partial charge in [-0.3, -0.25) is 4.68 Å². The SMILES string of the molecule is Cn1ncc(C(O)c2ccc(F)cc2Cl)c1-c1c(F)cccc1F. The van der Waals surface area contributed by atoms with Crippen molar-refractivity contribution in [3.05, 3.63) is 76.2 Å². The first kappa shape index (κ1) is 16.5. The van der Waals surface area contributed by atoms with E-state index in [0.29, 0.717) is 0 Å².